The highest BCUT2D eigenvalue weighted by Gasteiger charge is 2.30. The molecule has 134 valence electrons. The van der Waals surface area contributed by atoms with Gasteiger partial charge in [0.15, 0.2) is 5.11 Å². The van der Waals surface area contributed by atoms with Crippen molar-refractivity contribution in [1.29, 1.82) is 0 Å². The Kier molecular flexibility index (Phi) is 6.25. The Morgan fingerprint density at radius 3 is 2.52 bits per heavy atom. The second kappa shape index (κ2) is 8.20. The molecule has 0 spiro atoms. The van der Waals surface area contributed by atoms with E-state index >= 15 is 0 Å². The summed E-state index contributed by atoms with van der Waals surface area (Å²) in [4.78, 5) is 0. The fraction of sp³-hybridized carbons (Fsp3) is 0.278. The molecule has 3 nitrogen and oxygen atoms in total. The van der Waals surface area contributed by atoms with Crippen molar-refractivity contribution in [3.05, 3.63) is 59.7 Å². The Balaban J connectivity index is 1.93. The molecule has 0 atom stereocenters. The molecule has 2 aromatic rings. The van der Waals surface area contributed by atoms with Gasteiger partial charge in [-0.15, -0.1) is 0 Å². The average molecular weight is 368 g/mol. The molecule has 7 heteroatoms. The minimum absolute atomic E-state index is 0.0758. The maximum absolute atomic E-state index is 12.7. The lowest BCUT2D eigenvalue weighted by atomic mass is 10.2. The Morgan fingerprint density at radius 2 is 1.84 bits per heavy atom. The third-order valence-corrected chi connectivity index (χ3v) is 3.42. The van der Waals surface area contributed by atoms with E-state index in [2.05, 4.69) is 10.6 Å². The summed E-state index contributed by atoms with van der Waals surface area (Å²) in [5.74, 6) is 0.756. The predicted octanol–water partition coefficient (Wildman–Crippen LogP) is 4.98. The first-order valence-electron chi connectivity index (χ1n) is 7.72. The van der Waals surface area contributed by atoms with Crippen LogP contribution in [0.4, 0.5) is 18.9 Å². The van der Waals surface area contributed by atoms with Crippen LogP contribution >= 0.6 is 12.2 Å². The van der Waals surface area contributed by atoms with Gasteiger partial charge in [0.25, 0.3) is 0 Å². The molecule has 0 heterocycles. The van der Waals surface area contributed by atoms with Gasteiger partial charge in [-0.3, -0.25) is 0 Å². The highest BCUT2D eigenvalue weighted by atomic mass is 32.1. The molecule has 0 aliphatic rings. The summed E-state index contributed by atoms with van der Waals surface area (Å²) in [6.45, 7) is 4.32. The number of anilines is 1. The fourth-order valence-electron chi connectivity index (χ4n) is 2.13. The molecule has 0 unspecified atom stereocenters. The summed E-state index contributed by atoms with van der Waals surface area (Å²) in [6, 6.07) is 12.4. The molecule has 2 rings (SSSR count). The van der Waals surface area contributed by atoms with Crippen LogP contribution in [0.25, 0.3) is 0 Å². The first kappa shape index (κ1) is 19.1. The highest BCUT2D eigenvalue weighted by Crippen LogP contribution is 2.30. The van der Waals surface area contributed by atoms with Gasteiger partial charge in [0.2, 0.25) is 0 Å². The van der Waals surface area contributed by atoms with Crippen molar-refractivity contribution in [3.8, 4) is 5.75 Å². The van der Waals surface area contributed by atoms with Gasteiger partial charge in [0.1, 0.15) is 5.75 Å². The molecule has 0 aliphatic carbocycles. The van der Waals surface area contributed by atoms with Crippen LogP contribution in [-0.4, -0.2) is 11.2 Å². The van der Waals surface area contributed by atoms with Gasteiger partial charge in [-0.05, 0) is 62.0 Å². The minimum Gasteiger partial charge on any atom is -0.491 e. The van der Waals surface area contributed by atoms with Crippen LogP contribution in [0.3, 0.4) is 0 Å². The zero-order valence-corrected chi connectivity index (χ0v) is 14.7. The number of halogens is 3. The van der Waals surface area contributed by atoms with Crippen LogP contribution in [0.15, 0.2) is 48.5 Å². The number of rotatable bonds is 5. The molecule has 0 amide bonds. The van der Waals surface area contributed by atoms with E-state index in [0.717, 1.165) is 23.4 Å². The summed E-state index contributed by atoms with van der Waals surface area (Å²) < 4.78 is 43.8. The molecule has 25 heavy (non-hydrogen) atoms. The molecule has 0 saturated carbocycles. The van der Waals surface area contributed by atoms with Crippen LogP contribution in [0.2, 0.25) is 0 Å². The Hall–Kier alpha value is -2.28. The number of hydrogen-bond donors (Lipinski definition) is 2. The quantitative estimate of drug-likeness (QED) is 0.730. The Bertz CT molecular complexity index is 732. The molecule has 0 fully saturated rings. The first-order chi connectivity index (χ1) is 11.7. The monoisotopic (exact) mass is 368 g/mol. The SMILES string of the molecule is CC(C)Oc1cccc(CNC(=S)Nc2cccc(C(F)(F)F)c2)c1. The van der Waals surface area contributed by atoms with Gasteiger partial charge in [-0.25, -0.2) is 0 Å². The van der Waals surface area contributed by atoms with Crippen molar-refractivity contribution >= 4 is 23.0 Å². The lowest BCUT2D eigenvalue weighted by molar-refractivity contribution is -0.137. The number of thiocarbonyl (C=S) groups is 1. The summed E-state index contributed by atoms with van der Waals surface area (Å²) >= 11 is 5.14. The van der Waals surface area contributed by atoms with Crippen molar-refractivity contribution in [2.75, 3.05) is 5.32 Å². The summed E-state index contributed by atoms with van der Waals surface area (Å²) in [6.07, 6.45) is -4.31. The molecule has 0 aliphatic heterocycles. The van der Waals surface area contributed by atoms with Crippen LogP contribution < -0.4 is 15.4 Å². The second-order valence-electron chi connectivity index (χ2n) is 5.70. The van der Waals surface area contributed by atoms with Gasteiger partial charge in [-0.1, -0.05) is 18.2 Å². The van der Waals surface area contributed by atoms with Crippen molar-refractivity contribution < 1.29 is 17.9 Å². The molecule has 2 N–H and O–H groups in total. The predicted molar refractivity (Wildman–Crippen MR) is 96.7 cm³/mol. The van der Waals surface area contributed by atoms with Crippen molar-refractivity contribution in [1.82, 2.24) is 5.32 Å². The van der Waals surface area contributed by atoms with Crippen molar-refractivity contribution in [2.24, 2.45) is 0 Å². The van der Waals surface area contributed by atoms with Crippen molar-refractivity contribution in [3.63, 3.8) is 0 Å². The fourth-order valence-corrected chi connectivity index (χ4v) is 2.32. The zero-order chi connectivity index (χ0) is 18.4. The summed E-state index contributed by atoms with van der Waals surface area (Å²) in [5.41, 5.74) is 0.509. The zero-order valence-electron chi connectivity index (χ0n) is 13.9. The van der Waals surface area contributed by atoms with E-state index in [-0.39, 0.29) is 16.9 Å². The summed E-state index contributed by atoms with van der Waals surface area (Å²) in [7, 11) is 0. The normalized spacial score (nSPS) is 11.3. The third kappa shape index (κ3) is 6.26. The molecule has 0 aromatic heterocycles. The highest BCUT2D eigenvalue weighted by molar-refractivity contribution is 7.80. The smallest absolute Gasteiger partial charge is 0.416 e. The average Bonchev–Trinajstić information content (AvgIpc) is 2.52. The van der Waals surface area contributed by atoms with Gasteiger partial charge >= 0.3 is 6.18 Å². The lowest BCUT2D eigenvalue weighted by Crippen LogP contribution is -2.28. The second-order valence-corrected chi connectivity index (χ2v) is 6.11. The number of nitrogens with one attached hydrogen (secondary N) is 2. The number of benzene rings is 2. The van der Waals surface area contributed by atoms with E-state index in [4.69, 9.17) is 17.0 Å². The van der Waals surface area contributed by atoms with Crippen LogP contribution in [0.1, 0.15) is 25.0 Å². The van der Waals surface area contributed by atoms with E-state index in [9.17, 15) is 13.2 Å². The maximum Gasteiger partial charge on any atom is 0.416 e. The van der Waals surface area contributed by atoms with E-state index in [0.29, 0.717) is 6.54 Å². The minimum atomic E-state index is -4.39. The largest absolute Gasteiger partial charge is 0.491 e. The van der Waals surface area contributed by atoms with Gasteiger partial charge in [-0.2, -0.15) is 13.2 Å². The van der Waals surface area contributed by atoms with E-state index < -0.39 is 11.7 Å². The molecule has 2 aromatic carbocycles. The van der Waals surface area contributed by atoms with Gasteiger partial charge < -0.3 is 15.4 Å². The molecular formula is C18H19F3N2OS. The Morgan fingerprint density at radius 1 is 1.12 bits per heavy atom. The lowest BCUT2D eigenvalue weighted by Gasteiger charge is -2.14. The van der Waals surface area contributed by atoms with E-state index in [1.165, 1.54) is 12.1 Å². The van der Waals surface area contributed by atoms with Gasteiger partial charge in [0, 0.05) is 12.2 Å². The standard InChI is InChI=1S/C18H19F3N2OS/c1-12(2)24-16-8-3-5-13(9-16)11-22-17(25)23-15-7-4-6-14(10-15)18(19,20)21/h3-10,12H,11H2,1-2H3,(H2,22,23,25). The molecule has 0 radical (unpaired) electrons. The van der Waals surface area contributed by atoms with Crippen LogP contribution in [-0.2, 0) is 12.7 Å². The maximum atomic E-state index is 12.7. The third-order valence-electron chi connectivity index (χ3n) is 3.17. The molecular weight excluding hydrogens is 349 g/mol. The van der Waals surface area contributed by atoms with Crippen LogP contribution in [0.5, 0.6) is 5.75 Å². The van der Waals surface area contributed by atoms with E-state index in [1.807, 2.05) is 38.1 Å². The van der Waals surface area contributed by atoms with E-state index in [1.54, 1.807) is 0 Å². The Labute approximate surface area is 150 Å². The number of ether oxygens (including phenoxy) is 1. The van der Waals surface area contributed by atoms with Crippen molar-refractivity contribution in [2.45, 2.75) is 32.7 Å². The molecule has 0 saturated heterocycles. The van der Waals surface area contributed by atoms with Crippen LogP contribution in [0, 0.1) is 0 Å². The number of hydrogen-bond acceptors (Lipinski definition) is 2. The molecule has 0 bridgehead atoms. The summed E-state index contributed by atoms with van der Waals surface area (Å²) in [5, 5.41) is 5.98. The van der Waals surface area contributed by atoms with Gasteiger partial charge in [0.05, 0.1) is 11.7 Å². The number of alkyl halides is 3. The first-order valence-corrected chi connectivity index (χ1v) is 8.12. The topological polar surface area (TPSA) is 33.3 Å².